The van der Waals surface area contributed by atoms with Crippen LogP contribution in [0.2, 0.25) is 0 Å². The molecule has 1 saturated heterocycles. The monoisotopic (exact) mass is 442 g/mol. The van der Waals surface area contributed by atoms with E-state index in [-0.39, 0.29) is 12.5 Å². The van der Waals surface area contributed by atoms with E-state index in [1.807, 2.05) is 35.4 Å². The molecule has 1 aromatic heterocycles. The number of guanidine groups is 1. The molecular formula is C24H34N4O2S. The molecule has 1 aliphatic rings. The van der Waals surface area contributed by atoms with Crippen LogP contribution in [0, 0.1) is 5.92 Å². The second-order valence-electron chi connectivity index (χ2n) is 8.31. The number of aliphatic hydroxyl groups is 1. The Morgan fingerprint density at radius 3 is 2.58 bits per heavy atom. The van der Waals surface area contributed by atoms with Crippen molar-refractivity contribution in [2.45, 2.75) is 38.7 Å². The zero-order valence-electron chi connectivity index (χ0n) is 18.5. The number of carbonyl (C=O) groups is 1. The fourth-order valence-corrected chi connectivity index (χ4v) is 4.64. The first-order valence-corrected chi connectivity index (χ1v) is 12.0. The molecule has 1 fully saturated rings. The minimum atomic E-state index is -0.991. The number of hydrogen-bond acceptors (Lipinski definition) is 4. The van der Waals surface area contributed by atoms with E-state index in [9.17, 15) is 9.90 Å². The summed E-state index contributed by atoms with van der Waals surface area (Å²) in [5.41, 5.74) is 0.381. The van der Waals surface area contributed by atoms with E-state index >= 15 is 0 Å². The number of hydrogen-bond donors (Lipinski definition) is 3. The lowest BCUT2D eigenvalue weighted by atomic mass is 9.90. The average Bonchev–Trinajstić information content (AvgIpc) is 3.33. The summed E-state index contributed by atoms with van der Waals surface area (Å²) in [6.07, 6.45) is 3.15. The van der Waals surface area contributed by atoms with E-state index in [4.69, 9.17) is 0 Å². The number of likely N-dealkylation sites (tertiary alicyclic amines) is 1. The highest BCUT2D eigenvalue weighted by molar-refractivity contribution is 7.10. The van der Waals surface area contributed by atoms with Crippen LogP contribution in [-0.2, 0) is 16.8 Å². The Balaban J connectivity index is 1.46. The zero-order chi connectivity index (χ0) is 22.1. The van der Waals surface area contributed by atoms with Crippen LogP contribution in [0.3, 0.4) is 0 Å². The number of amides is 1. The van der Waals surface area contributed by atoms with Gasteiger partial charge >= 0.3 is 0 Å². The molecule has 0 saturated carbocycles. The molecule has 3 N–H and O–H groups in total. The van der Waals surface area contributed by atoms with Gasteiger partial charge in [-0.05, 0) is 56.0 Å². The van der Waals surface area contributed by atoms with Gasteiger partial charge in [-0.3, -0.25) is 4.79 Å². The SMILES string of the molecule is CCNC(=NCC(=O)N1CCC(Cc2ccccc2)CC1)NCC(C)(O)c1cccs1. The van der Waals surface area contributed by atoms with Crippen molar-refractivity contribution in [1.29, 1.82) is 0 Å². The van der Waals surface area contributed by atoms with E-state index in [0.29, 0.717) is 25.0 Å². The predicted octanol–water partition coefficient (Wildman–Crippen LogP) is 2.99. The third-order valence-electron chi connectivity index (χ3n) is 5.70. The number of benzene rings is 1. The Hall–Kier alpha value is -2.38. The van der Waals surface area contributed by atoms with Gasteiger partial charge in [-0.25, -0.2) is 4.99 Å². The van der Waals surface area contributed by atoms with Gasteiger partial charge in [0.25, 0.3) is 0 Å². The van der Waals surface area contributed by atoms with E-state index in [0.717, 1.165) is 37.2 Å². The minimum Gasteiger partial charge on any atom is -0.383 e. The number of thiophene rings is 1. The summed E-state index contributed by atoms with van der Waals surface area (Å²) in [6, 6.07) is 14.4. The van der Waals surface area contributed by atoms with E-state index in [1.54, 1.807) is 6.92 Å². The third kappa shape index (κ3) is 7.08. The summed E-state index contributed by atoms with van der Waals surface area (Å²) in [5.74, 6) is 1.24. The standard InChI is InChI=1S/C24H34N4O2S/c1-3-25-23(27-18-24(2,30)21-10-7-15-31-21)26-17-22(29)28-13-11-20(12-14-28)16-19-8-5-4-6-9-19/h4-10,15,20,30H,3,11-14,16-18H2,1-2H3,(H2,25,26,27). The molecule has 31 heavy (non-hydrogen) atoms. The van der Waals surface area contributed by atoms with Crippen molar-refractivity contribution < 1.29 is 9.90 Å². The molecule has 7 heteroatoms. The fourth-order valence-electron chi connectivity index (χ4n) is 3.85. The van der Waals surface area contributed by atoms with Crippen LogP contribution in [0.5, 0.6) is 0 Å². The zero-order valence-corrected chi connectivity index (χ0v) is 19.3. The van der Waals surface area contributed by atoms with Crippen LogP contribution in [0.25, 0.3) is 0 Å². The lowest BCUT2D eigenvalue weighted by Gasteiger charge is -2.32. The van der Waals surface area contributed by atoms with Gasteiger partial charge in [-0.1, -0.05) is 36.4 Å². The van der Waals surface area contributed by atoms with Gasteiger partial charge in [0, 0.05) is 24.5 Å². The van der Waals surface area contributed by atoms with E-state index in [1.165, 1.54) is 16.9 Å². The molecule has 1 unspecified atom stereocenters. The Morgan fingerprint density at radius 1 is 1.19 bits per heavy atom. The summed E-state index contributed by atoms with van der Waals surface area (Å²) in [6.45, 7) is 6.46. The van der Waals surface area contributed by atoms with Gasteiger partial charge in [0.1, 0.15) is 12.1 Å². The van der Waals surface area contributed by atoms with Gasteiger partial charge in [0.05, 0.1) is 6.54 Å². The van der Waals surface area contributed by atoms with Gasteiger partial charge in [0.2, 0.25) is 5.91 Å². The number of nitrogens with zero attached hydrogens (tertiary/aromatic N) is 2. The van der Waals surface area contributed by atoms with Gasteiger partial charge in [-0.2, -0.15) is 0 Å². The van der Waals surface area contributed by atoms with Crippen molar-refractivity contribution in [2.75, 3.05) is 32.7 Å². The van der Waals surface area contributed by atoms with Crippen LogP contribution in [0.15, 0.2) is 52.8 Å². The lowest BCUT2D eigenvalue weighted by molar-refractivity contribution is -0.130. The summed E-state index contributed by atoms with van der Waals surface area (Å²) in [7, 11) is 0. The van der Waals surface area contributed by atoms with Crippen LogP contribution in [0.1, 0.15) is 37.1 Å². The van der Waals surface area contributed by atoms with Crippen molar-refractivity contribution >= 4 is 23.2 Å². The minimum absolute atomic E-state index is 0.0559. The van der Waals surface area contributed by atoms with Gasteiger partial charge < -0.3 is 20.6 Å². The number of rotatable bonds is 8. The molecule has 0 aliphatic carbocycles. The van der Waals surface area contributed by atoms with Crippen molar-refractivity contribution in [1.82, 2.24) is 15.5 Å². The molecule has 1 amide bonds. The van der Waals surface area contributed by atoms with Crippen molar-refractivity contribution in [2.24, 2.45) is 10.9 Å². The molecule has 3 rings (SSSR count). The number of carbonyl (C=O) groups excluding carboxylic acids is 1. The van der Waals surface area contributed by atoms with Crippen molar-refractivity contribution in [3.63, 3.8) is 0 Å². The fraction of sp³-hybridized carbons (Fsp3) is 0.500. The lowest BCUT2D eigenvalue weighted by Crippen LogP contribution is -2.45. The summed E-state index contributed by atoms with van der Waals surface area (Å²) >= 11 is 1.52. The van der Waals surface area contributed by atoms with Crippen LogP contribution >= 0.6 is 11.3 Å². The molecule has 0 radical (unpaired) electrons. The number of piperidine rings is 1. The number of aliphatic imine (C=N–C) groups is 1. The quantitative estimate of drug-likeness (QED) is 0.434. The van der Waals surface area contributed by atoms with Crippen LogP contribution in [-0.4, -0.2) is 54.6 Å². The first kappa shape index (κ1) is 23.3. The maximum Gasteiger partial charge on any atom is 0.244 e. The highest BCUT2D eigenvalue weighted by atomic mass is 32.1. The molecule has 0 bridgehead atoms. The normalized spacial score (nSPS) is 17.3. The van der Waals surface area contributed by atoms with Crippen LogP contribution in [0.4, 0.5) is 0 Å². The Labute approximate surface area is 189 Å². The first-order valence-electron chi connectivity index (χ1n) is 11.1. The summed E-state index contributed by atoms with van der Waals surface area (Å²) < 4.78 is 0. The predicted molar refractivity (Wildman–Crippen MR) is 127 cm³/mol. The Morgan fingerprint density at radius 2 is 1.94 bits per heavy atom. The molecule has 2 aromatic rings. The van der Waals surface area contributed by atoms with Gasteiger partial charge in [0.15, 0.2) is 5.96 Å². The molecule has 1 aliphatic heterocycles. The molecule has 6 nitrogen and oxygen atoms in total. The second kappa shape index (κ2) is 11.3. The molecule has 2 heterocycles. The Kier molecular flexibility index (Phi) is 8.49. The molecule has 168 valence electrons. The second-order valence-corrected chi connectivity index (χ2v) is 9.26. The first-order chi connectivity index (χ1) is 15.0. The molecule has 1 aromatic carbocycles. The highest BCUT2D eigenvalue weighted by Gasteiger charge is 2.25. The van der Waals surface area contributed by atoms with E-state index in [2.05, 4.69) is 39.9 Å². The summed E-state index contributed by atoms with van der Waals surface area (Å²) in [5, 5.41) is 19.0. The Bertz CT molecular complexity index is 829. The summed E-state index contributed by atoms with van der Waals surface area (Å²) in [4.78, 5) is 20.0. The molecule has 1 atom stereocenters. The third-order valence-corrected chi connectivity index (χ3v) is 6.83. The maximum atomic E-state index is 12.7. The topological polar surface area (TPSA) is 77.0 Å². The van der Waals surface area contributed by atoms with E-state index < -0.39 is 5.60 Å². The van der Waals surface area contributed by atoms with Crippen molar-refractivity contribution in [3.8, 4) is 0 Å². The van der Waals surface area contributed by atoms with Crippen LogP contribution < -0.4 is 10.6 Å². The molecular weight excluding hydrogens is 408 g/mol. The highest BCUT2D eigenvalue weighted by Crippen LogP contribution is 2.24. The van der Waals surface area contributed by atoms with Gasteiger partial charge in [-0.15, -0.1) is 11.3 Å². The molecule has 0 spiro atoms. The largest absolute Gasteiger partial charge is 0.383 e. The maximum absolute atomic E-state index is 12.7. The smallest absolute Gasteiger partial charge is 0.244 e. The van der Waals surface area contributed by atoms with Crippen molar-refractivity contribution in [3.05, 3.63) is 58.3 Å². The average molecular weight is 443 g/mol. The number of nitrogens with one attached hydrogen (secondary N) is 2.